The van der Waals surface area contributed by atoms with Gasteiger partial charge in [-0.3, -0.25) is 4.79 Å². The van der Waals surface area contributed by atoms with Gasteiger partial charge in [0, 0.05) is 28.0 Å². The summed E-state index contributed by atoms with van der Waals surface area (Å²) in [4.78, 5) is 21.2. The summed E-state index contributed by atoms with van der Waals surface area (Å²) in [6.07, 6.45) is 4.67. The molecule has 1 N–H and O–H groups in total. The van der Waals surface area contributed by atoms with Crippen molar-refractivity contribution in [2.24, 2.45) is 5.41 Å². The van der Waals surface area contributed by atoms with E-state index in [-0.39, 0.29) is 8.27 Å². The van der Waals surface area contributed by atoms with Crippen LogP contribution >= 0.6 is 0 Å². The number of rotatable bonds is 2. The van der Waals surface area contributed by atoms with E-state index < -0.39 is 5.97 Å². The highest BCUT2D eigenvalue weighted by atomic mass is 16.4. The van der Waals surface area contributed by atoms with E-state index in [4.69, 9.17) is 5.11 Å². The standard InChI is InChI=1S/C12H16O3.2H2/c1-12(7-3-2-4-11(14)15)8-5-10(13)6-9-12;;/h3,5-9H2,1H3,(H,14,15);2*1H. The maximum Gasteiger partial charge on any atom is 0.381 e. The molecule has 0 saturated heterocycles. The van der Waals surface area contributed by atoms with Gasteiger partial charge in [0.25, 0.3) is 0 Å². The topological polar surface area (TPSA) is 54.4 Å². The van der Waals surface area contributed by atoms with Crippen LogP contribution in [0.2, 0.25) is 0 Å². The third-order valence-corrected chi connectivity index (χ3v) is 3.06. The molecule has 0 heterocycles. The van der Waals surface area contributed by atoms with Gasteiger partial charge in [-0.2, -0.15) is 0 Å². The van der Waals surface area contributed by atoms with Crippen LogP contribution in [-0.2, 0) is 9.59 Å². The third kappa shape index (κ3) is 4.16. The van der Waals surface area contributed by atoms with Crippen LogP contribution in [-0.4, -0.2) is 16.9 Å². The van der Waals surface area contributed by atoms with Crippen molar-refractivity contribution in [2.45, 2.75) is 45.4 Å². The predicted octanol–water partition coefficient (Wildman–Crippen LogP) is 2.50. The Bertz CT molecular complexity index is 318. The van der Waals surface area contributed by atoms with Crippen molar-refractivity contribution in [3.8, 4) is 11.8 Å². The molecule has 1 aliphatic rings. The van der Waals surface area contributed by atoms with E-state index in [9.17, 15) is 9.59 Å². The number of Topliss-reactive ketones (excluding diaryl/α,β-unsaturated/α-hetero) is 1. The molecule has 1 rings (SSSR count). The van der Waals surface area contributed by atoms with Crippen molar-refractivity contribution in [1.82, 2.24) is 0 Å². The van der Waals surface area contributed by atoms with Crippen LogP contribution < -0.4 is 0 Å². The van der Waals surface area contributed by atoms with Crippen molar-refractivity contribution >= 4 is 11.8 Å². The predicted molar refractivity (Wildman–Crippen MR) is 60.5 cm³/mol. The highest BCUT2D eigenvalue weighted by Crippen LogP contribution is 2.38. The molecule has 3 heteroatoms. The van der Waals surface area contributed by atoms with Gasteiger partial charge in [-0.25, -0.2) is 4.79 Å². The van der Waals surface area contributed by atoms with Crippen LogP contribution in [0.1, 0.15) is 48.3 Å². The molecule has 0 aliphatic heterocycles. The molecule has 0 unspecified atom stereocenters. The molecule has 86 valence electrons. The third-order valence-electron chi connectivity index (χ3n) is 3.06. The molecule has 3 nitrogen and oxygen atoms in total. The fourth-order valence-electron chi connectivity index (χ4n) is 1.88. The Balaban J connectivity index is 0. The number of carbonyl (C=O) groups is 2. The normalized spacial score (nSPS) is 19.1. The van der Waals surface area contributed by atoms with E-state index >= 15 is 0 Å². The quantitative estimate of drug-likeness (QED) is 0.715. The number of aliphatic carboxylic acids is 1. The summed E-state index contributed by atoms with van der Waals surface area (Å²) in [6, 6.07) is 0. The first kappa shape index (κ1) is 11.8. The minimum Gasteiger partial charge on any atom is -0.472 e. The number of carboxylic acid groups (broad SMARTS) is 1. The lowest BCUT2D eigenvalue weighted by Gasteiger charge is -2.32. The molecule has 0 atom stereocenters. The first-order chi connectivity index (χ1) is 7.02. The zero-order chi connectivity index (χ0) is 11.3. The van der Waals surface area contributed by atoms with Crippen LogP contribution in [0, 0.1) is 17.3 Å². The van der Waals surface area contributed by atoms with Crippen LogP contribution in [0.25, 0.3) is 0 Å². The van der Waals surface area contributed by atoms with Gasteiger partial charge in [-0.05, 0) is 24.7 Å². The van der Waals surface area contributed by atoms with E-state index in [1.807, 2.05) is 0 Å². The fourth-order valence-corrected chi connectivity index (χ4v) is 1.88. The van der Waals surface area contributed by atoms with Crippen molar-refractivity contribution in [3.05, 3.63) is 0 Å². The SMILES string of the molecule is CC1(CCC#CC(=O)O)CCC(=O)CC1.[HH].[HH]. The van der Waals surface area contributed by atoms with E-state index in [1.165, 1.54) is 0 Å². The number of hydrogen-bond donors (Lipinski definition) is 1. The minimum atomic E-state index is -1.07. The van der Waals surface area contributed by atoms with Crippen molar-refractivity contribution in [1.29, 1.82) is 0 Å². The number of carboxylic acids is 1. The van der Waals surface area contributed by atoms with E-state index in [0.717, 1.165) is 19.3 Å². The Morgan fingerprint density at radius 2 is 2.13 bits per heavy atom. The van der Waals surface area contributed by atoms with Crippen LogP contribution in [0.3, 0.4) is 0 Å². The Kier molecular flexibility index (Phi) is 3.90. The molecule has 0 aromatic carbocycles. The summed E-state index contributed by atoms with van der Waals surface area (Å²) in [6.45, 7) is 2.15. The van der Waals surface area contributed by atoms with Gasteiger partial charge >= 0.3 is 5.97 Å². The summed E-state index contributed by atoms with van der Waals surface area (Å²) < 4.78 is 0. The minimum absolute atomic E-state index is 0. The van der Waals surface area contributed by atoms with E-state index in [1.54, 1.807) is 0 Å². The average molecular weight is 212 g/mol. The van der Waals surface area contributed by atoms with Gasteiger partial charge in [-0.1, -0.05) is 12.8 Å². The van der Waals surface area contributed by atoms with Gasteiger partial charge in [0.15, 0.2) is 0 Å². The van der Waals surface area contributed by atoms with Crippen molar-refractivity contribution in [2.75, 3.05) is 0 Å². The summed E-state index contributed by atoms with van der Waals surface area (Å²) in [5, 5.41) is 8.33. The lowest BCUT2D eigenvalue weighted by Crippen LogP contribution is -2.24. The number of hydrogen-bond acceptors (Lipinski definition) is 2. The molecule has 1 fully saturated rings. The molecule has 0 radical (unpaired) electrons. The Hall–Kier alpha value is -1.30. The molecule has 1 saturated carbocycles. The maximum absolute atomic E-state index is 11.1. The molecular weight excluding hydrogens is 192 g/mol. The Morgan fingerprint density at radius 1 is 1.53 bits per heavy atom. The van der Waals surface area contributed by atoms with Crippen LogP contribution in [0.5, 0.6) is 0 Å². The number of ketones is 1. The van der Waals surface area contributed by atoms with Gasteiger partial charge in [-0.15, -0.1) is 0 Å². The summed E-state index contributed by atoms with van der Waals surface area (Å²) >= 11 is 0. The van der Waals surface area contributed by atoms with Gasteiger partial charge in [0.05, 0.1) is 0 Å². The summed E-state index contributed by atoms with van der Waals surface area (Å²) in [5.41, 5.74) is 0.182. The fraction of sp³-hybridized carbons (Fsp3) is 0.667. The summed E-state index contributed by atoms with van der Waals surface area (Å²) in [7, 11) is 0. The van der Waals surface area contributed by atoms with Gasteiger partial charge in [0.2, 0.25) is 0 Å². The summed E-state index contributed by atoms with van der Waals surface area (Å²) in [5.74, 6) is 4.03. The molecule has 15 heavy (non-hydrogen) atoms. The second-order valence-electron chi connectivity index (χ2n) is 4.46. The van der Waals surface area contributed by atoms with E-state index in [2.05, 4.69) is 18.8 Å². The molecule has 0 amide bonds. The smallest absolute Gasteiger partial charge is 0.381 e. The highest BCUT2D eigenvalue weighted by molar-refractivity contribution is 5.86. The van der Waals surface area contributed by atoms with Crippen LogP contribution in [0.15, 0.2) is 0 Å². The highest BCUT2D eigenvalue weighted by Gasteiger charge is 2.29. The second-order valence-corrected chi connectivity index (χ2v) is 4.46. The lowest BCUT2D eigenvalue weighted by molar-refractivity contribution is -0.130. The average Bonchev–Trinajstić information content (AvgIpc) is 2.18. The van der Waals surface area contributed by atoms with Gasteiger partial charge in [0.1, 0.15) is 5.78 Å². The zero-order valence-electron chi connectivity index (χ0n) is 9.01. The molecular formula is C12H20O3. The second kappa shape index (κ2) is 4.97. The first-order valence-electron chi connectivity index (χ1n) is 5.25. The molecule has 0 spiro atoms. The largest absolute Gasteiger partial charge is 0.472 e. The number of carbonyl (C=O) groups excluding carboxylic acids is 1. The molecule has 0 bridgehead atoms. The van der Waals surface area contributed by atoms with Crippen molar-refractivity contribution < 1.29 is 17.5 Å². The molecule has 0 aromatic heterocycles. The maximum atomic E-state index is 11.1. The van der Waals surface area contributed by atoms with Crippen molar-refractivity contribution in [3.63, 3.8) is 0 Å². The van der Waals surface area contributed by atoms with Crippen LogP contribution in [0.4, 0.5) is 0 Å². The molecule has 0 aromatic rings. The monoisotopic (exact) mass is 212 g/mol. The first-order valence-corrected chi connectivity index (χ1v) is 5.25. The van der Waals surface area contributed by atoms with E-state index in [0.29, 0.717) is 25.0 Å². The van der Waals surface area contributed by atoms with Gasteiger partial charge < -0.3 is 5.11 Å². The Labute approximate surface area is 92.8 Å². The molecule has 1 aliphatic carbocycles. The zero-order valence-corrected chi connectivity index (χ0v) is 9.01. The Morgan fingerprint density at radius 3 is 2.67 bits per heavy atom. The lowest BCUT2D eigenvalue weighted by atomic mass is 9.72.